The number of fused-ring (bicyclic) bond motifs is 1. The second-order valence-corrected chi connectivity index (χ2v) is 5.63. The average molecular weight is 313 g/mol. The standard InChI is InChI=1S/C15H25ClN4O/c1-4-8-12-14-15(19(2)18-12)20(13(11-16)17-14)9-6-5-7-10-21-3/h4-11H2,1-3H3. The van der Waals surface area contributed by atoms with Crippen molar-refractivity contribution >= 4 is 22.8 Å². The molecule has 2 aromatic rings. The van der Waals surface area contributed by atoms with Crippen LogP contribution in [-0.4, -0.2) is 33.0 Å². The summed E-state index contributed by atoms with van der Waals surface area (Å²) >= 11 is 6.07. The Morgan fingerprint density at radius 1 is 1.24 bits per heavy atom. The molecule has 0 aliphatic rings. The maximum absolute atomic E-state index is 6.07. The molecule has 21 heavy (non-hydrogen) atoms. The number of unbranched alkanes of at least 4 members (excludes halogenated alkanes) is 2. The summed E-state index contributed by atoms with van der Waals surface area (Å²) in [5, 5.41) is 4.60. The van der Waals surface area contributed by atoms with Crippen LogP contribution in [0.5, 0.6) is 0 Å². The van der Waals surface area contributed by atoms with Crippen molar-refractivity contribution in [3.05, 3.63) is 11.5 Å². The molecule has 0 amide bonds. The highest BCUT2D eigenvalue weighted by Crippen LogP contribution is 2.22. The highest BCUT2D eigenvalue weighted by Gasteiger charge is 2.17. The summed E-state index contributed by atoms with van der Waals surface area (Å²) in [5.74, 6) is 1.39. The summed E-state index contributed by atoms with van der Waals surface area (Å²) in [6, 6.07) is 0. The number of methoxy groups -OCH3 is 1. The van der Waals surface area contributed by atoms with Crippen LogP contribution in [0.15, 0.2) is 0 Å². The van der Waals surface area contributed by atoms with Crippen molar-refractivity contribution in [2.45, 2.75) is 51.5 Å². The number of aryl methyl sites for hydroxylation is 3. The summed E-state index contributed by atoms with van der Waals surface area (Å²) in [5.41, 5.74) is 3.20. The van der Waals surface area contributed by atoms with Gasteiger partial charge in [-0.15, -0.1) is 11.6 Å². The second-order valence-electron chi connectivity index (χ2n) is 5.36. The topological polar surface area (TPSA) is 44.9 Å². The van der Waals surface area contributed by atoms with Crippen LogP contribution < -0.4 is 0 Å². The number of hydrogen-bond acceptors (Lipinski definition) is 3. The monoisotopic (exact) mass is 312 g/mol. The molecule has 0 aliphatic heterocycles. The van der Waals surface area contributed by atoms with Crippen molar-refractivity contribution in [3.63, 3.8) is 0 Å². The Balaban J connectivity index is 2.20. The fourth-order valence-electron chi connectivity index (χ4n) is 2.72. The number of halogens is 1. The summed E-state index contributed by atoms with van der Waals surface area (Å²) in [6.07, 6.45) is 5.38. The van der Waals surface area contributed by atoms with E-state index in [1.165, 1.54) is 0 Å². The molecule has 0 spiro atoms. The molecule has 0 atom stereocenters. The van der Waals surface area contributed by atoms with E-state index in [4.69, 9.17) is 21.3 Å². The Kier molecular flexibility index (Phi) is 6.06. The number of ether oxygens (including phenoxy) is 1. The minimum absolute atomic E-state index is 0.443. The molecular weight excluding hydrogens is 288 g/mol. The third-order valence-electron chi connectivity index (χ3n) is 3.71. The van der Waals surface area contributed by atoms with Gasteiger partial charge in [0.2, 0.25) is 0 Å². The zero-order valence-electron chi connectivity index (χ0n) is 13.2. The van der Waals surface area contributed by atoms with Crippen molar-refractivity contribution in [1.82, 2.24) is 19.3 Å². The molecule has 2 rings (SSSR count). The summed E-state index contributed by atoms with van der Waals surface area (Å²) in [7, 11) is 3.73. The molecule has 2 aromatic heterocycles. The molecule has 0 fully saturated rings. The molecule has 0 saturated carbocycles. The van der Waals surface area contributed by atoms with Crippen LogP contribution in [-0.2, 0) is 30.6 Å². The van der Waals surface area contributed by atoms with Gasteiger partial charge in [0.25, 0.3) is 0 Å². The van der Waals surface area contributed by atoms with Gasteiger partial charge in [-0.25, -0.2) is 4.98 Å². The maximum Gasteiger partial charge on any atom is 0.158 e. The lowest BCUT2D eigenvalue weighted by atomic mass is 10.2. The van der Waals surface area contributed by atoms with E-state index in [1.807, 2.05) is 11.7 Å². The number of hydrogen-bond donors (Lipinski definition) is 0. The lowest BCUT2D eigenvalue weighted by Crippen LogP contribution is -2.07. The van der Waals surface area contributed by atoms with E-state index in [0.717, 1.165) is 67.9 Å². The summed E-state index contributed by atoms with van der Waals surface area (Å²) in [4.78, 5) is 4.71. The van der Waals surface area contributed by atoms with Crippen molar-refractivity contribution in [1.29, 1.82) is 0 Å². The minimum atomic E-state index is 0.443. The first-order valence-corrected chi connectivity index (χ1v) is 8.22. The predicted molar refractivity (Wildman–Crippen MR) is 85.8 cm³/mol. The first kappa shape index (κ1) is 16.3. The van der Waals surface area contributed by atoms with Crippen LogP contribution in [0, 0.1) is 0 Å². The van der Waals surface area contributed by atoms with Gasteiger partial charge < -0.3 is 9.30 Å². The smallest absolute Gasteiger partial charge is 0.158 e. The van der Waals surface area contributed by atoms with Crippen LogP contribution in [0.25, 0.3) is 11.2 Å². The second kappa shape index (κ2) is 7.80. The third kappa shape index (κ3) is 3.58. The fourth-order valence-corrected chi connectivity index (χ4v) is 2.93. The molecule has 0 aliphatic carbocycles. The van der Waals surface area contributed by atoms with Crippen molar-refractivity contribution in [2.75, 3.05) is 13.7 Å². The van der Waals surface area contributed by atoms with Gasteiger partial charge in [0.15, 0.2) is 5.65 Å². The van der Waals surface area contributed by atoms with Gasteiger partial charge in [-0.2, -0.15) is 5.10 Å². The van der Waals surface area contributed by atoms with E-state index in [9.17, 15) is 0 Å². The number of rotatable bonds is 9. The largest absolute Gasteiger partial charge is 0.385 e. The molecule has 0 bridgehead atoms. The first-order chi connectivity index (χ1) is 10.2. The number of aromatic nitrogens is 4. The van der Waals surface area contributed by atoms with Gasteiger partial charge in [0.05, 0.1) is 11.6 Å². The highest BCUT2D eigenvalue weighted by atomic mass is 35.5. The van der Waals surface area contributed by atoms with E-state index >= 15 is 0 Å². The Morgan fingerprint density at radius 2 is 2.05 bits per heavy atom. The molecule has 0 unspecified atom stereocenters. The number of imidazole rings is 1. The number of alkyl halides is 1. The van der Waals surface area contributed by atoms with E-state index < -0.39 is 0 Å². The van der Waals surface area contributed by atoms with Crippen LogP contribution in [0.1, 0.15) is 44.1 Å². The molecule has 6 heteroatoms. The zero-order chi connectivity index (χ0) is 15.2. The molecule has 0 radical (unpaired) electrons. The first-order valence-electron chi connectivity index (χ1n) is 7.68. The summed E-state index contributed by atoms with van der Waals surface area (Å²) < 4.78 is 9.26. The molecule has 2 heterocycles. The quantitative estimate of drug-likeness (QED) is 0.527. The van der Waals surface area contributed by atoms with Gasteiger partial charge in [0, 0.05) is 27.3 Å². The molecule has 5 nitrogen and oxygen atoms in total. The molecule has 0 N–H and O–H groups in total. The van der Waals surface area contributed by atoms with Gasteiger partial charge in [-0.1, -0.05) is 13.3 Å². The minimum Gasteiger partial charge on any atom is -0.385 e. The molecule has 0 aromatic carbocycles. The van der Waals surface area contributed by atoms with Crippen LogP contribution in [0.4, 0.5) is 0 Å². The molecule has 0 saturated heterocycles. The SMILES string of the molecule is CCCc1nn(C)c2c1nc(CCl)n2CCCCCOC. The van der Waals surface area contributed by atoms with Crippen LogP contribution in [0.3, 0.4) is 0 Å². The van der Waals surface area contributed by atoms with Gasteiger partial charge >= 0.3 is 0 Å². The zero-order valence-corrected chi connectivity index (χ0v) is 14.0. The van der Waals surface area contributed by atoms with Gasteiger partial charge in [-0.3, -0.25) is 4.68 Å². The van der Waals surface area contributed by atoms with Crippen LogP contribution in [0.2, 0.25) is 0 Å². The Bertz CT molecular complexity index is 576. The van der Waals surface area contributed by atoms with Crippen molar-refractivity contribution in [2.24, 2.45) is 7.05 Å². The normalized spacial score (nSPS) is 11.6. The Labute approximate surface area is 131 Å². The lowest BCUT2D eigenvalue weighted by Gasteiger charge is -2.08. The van der Waals surface area contributed by atoms with Crippen LogP contribution >= 0.6 is 11.6 Å². The van der Waals surface area contributed by atoms with E-state index in [2.05, 4.69) is 16.6 Å². The summed E-state index contributed by atoms with van der Waals surface area (Å²) in [6.45, 7) is 3.93. The highest BCUT2D eigenvalue weighted by molar-refractivity contribution is 6.16. The fraction of sp³-hybridized carbons (Fsp3) is 0.733. The van der Waals surface area contributed by atoms with Crippen molar-refractivity contribution < 1.29 is 4.74 Å². The number of nitrogens with zero attached hydrogens (tertiary/aromatic N) is 4. The lowest BCUT2D eigenvalue weighted by molar-refractivity contribution is 0.191. The van der Waals surface area contributed by atoms with E-state index in [0.29, 0.717) is 5.88 Å². The predicted octanol–water partition coefficient (Wildman–Crippen LogP) is 3.28. The van der Waals surface area contributed by atoms with Crippen molar-refractivity contribution in [3.8, 4) is 0 Å². The van der Waals surface area contributed by atoms with Gasteiger partial charge in [0.1, 0.15) is 11.3 Å². The molecule has 118 valence electrons. The van der Waals surface area contributed by atoms with Gasteiger partial charge in [-0.05, 0) is 25.7 Å². The molecular formula is C15H25ClN4O. The Morgan fingerprint density at radius 3 is 2.71 bits per heavy atom. The third-order valence-corrected chi connectivity index (χ3v) is 3.95. The maximum atomic E-state index is 6.07. The average Bonchev–Trinajstić information content (AvgIpc) is 2.98. The Hall–Kier alpha value is -1.07. The van der Waals surface area contributed by atoms with E-state index in [1.54, 1.807) is 7.11 Å². The van der Waals surface area contributed by atoms with E-state index in [-0.39, 0.29) is 0 Å².